The molecule has 1 aromatic rings. The van der Waals surface area contributed by atoms with Crippen LogP contribution in [0.15, 0.2) is 29.3 Å². The summed E-state index contributed by atoms with van der Waals surface area (Å²) in [7, 11) is 5.61. The lowest BCUT2D eigenvalue weighted by molar-refractivity contribution is 0.208. The molecule has 0 heterocycles. The normalized spacial score (nSPS) is 11.2. The summed E-state index contributed by atoms with van der Waals surface area (Å²) in [6.07, 6.45) is 0. The van der Waals surface area contributed by atoms with Gasteiger partial charge in [0.25, 0.3) is 0 Å². The minimum absolute atomic E-state index is 0.515. The van der Waals surface area contributed by atoms with Crippen LogP contribution in [0.3, 0.4) is 0 Å². The van der Waals surface area contributed by atoms with Crippen LogP contribution in [0.2, 0.25) is 0 Å². The molecule has 0 unspecified atom stereocenters. The highest BCUT2D eigenvalue weighted by Gasteiger charge is 2.05. The first-order chi connectivity index (χ1) is 8.69. The van der Waals surface area contributed by atoms with Gasteiger partial charge in [0.1, 0.15) is 0 Å². The largest absolute Gasteiger partial charge is 0.383 e. The molecule has 0 aliphatic rings. The van der Waals surface area contributed by atoms with Gasteiger partial charge < -0.3 is 15.0 Å². The average molecular weight is 251 g/mol. The van der Waals surface area contributed by atoms with Crippen molar-refractivity contribution in [1.29, 1.82) is 0 Å². The number of anilines is 2. The number of benzene rings is 1. The first kappa shape index (κ1) is 14.3. The lowest BCUT2D eigenvalue weighted by Gasteiger charge is -2.18. The molecule has 6 heteroatoms. The van der Waals surface area contributed by atoms with Crippen molar-refractivity contribution in [3.8, 4) is 0 Å². The quantitative estimate of drug-likeness (QED) is 0.235. The van der Waals surface area contributed by atoms with Crippen LogP contribution >= 0.6 is 0 Å². The Morgan fingerprint density at radius 1 is 1.39 bits per heavy atom. The van der Waals surface area contributed by atoms with Crippen molar-refractivity contribution in [3.63, 3.8) is 0 Å². The first-order valence-electron chi connectivity index (χ1n) is 5.72. The number of nitrogens with one attached hydrogen (secondary N) is 2. The molecular formula is C12H21N5O. The summed E-state index contributed by atoms with van der Waals surface area (Å²) in [5.41, 5.74) is 4.54. The van der Waals surface area contributed by atoms with Crippen LogP contribution in [-0.4, -0.2) is 40.3 Å². The summed E-state index contributed by atoms with van der Waals surface area (Å²) in [6.45, 7) is 1.11. The fourth-order valence-electron chi connectivity index (χ4n) is 1.47. The summed E-state index contributed by atoms with van der Waals surface area (Å²) in [5, 5.41) is 3.15. The van der Waals surface area contributed by atoms with E-state index < -0.39 is 0 Å². The molecular weight excluding hydrogens is 230 g/mol. The van der Waals surface area contributed by atoms with Crippen LogP contribution in [0, 0.1) is 0 Å². The van der Waals surface area contributed by atoms with E-state index in [4.69, 9.17) is 10.6 Å². The van der Waals surface area contributed by atoms with Crippen LogP contribution in [0.1, 0.15) is 0 Å². The Labute approximate surface area is 108 Å². The number of aliphatic imine (C=N–C) groups is 1. The molecule has 1 rings (SSSR count). The number of para-hydroxylation sites is 2. The molecule has 0 aliphatic heterocycles. The third-order valence-corrected chi connectivity index (χ3v) is 2.34. The van der Waals surface area contributed by atoms with Gasteiger partial charge in [0, 0.05) is 21.2 Å². The molecule has 0 radical (unpaired) electrons. The molecule has 0 aliphatic carbocycles. The second-order valence-corrected chi connectivity index (χ2v) is 3.90. The third kappa shape index (κ3) is 4.23. The van der Waals surface area contributed by atoms with E-state index in [9.17, 15) is 0 Å². The zero-order chi connectivity index (χ0) is 13.4. The number of ether oxygens (including phenoxy) is 1. The lowest BCUT2D eigenvalue weighted by Crippen LogP contribution is -2.37. The second-order valence-electron chi connectivity index (χ2n) is 3.90. The highest BCUT2D eigenvalue weighted by Crippen LogP contribution is 2.23. The SMILES string of the molecule is COCCN=C(NN)Nc1ccccc1N(C)C. The molecule has 0 atom stereocenters. The molecule has 1 aromatic carbocycles. The Morgan fingerprint density at radius 3 is 2.72 bits per heavy atom. The number of methoxy groups -OCH3 is 1. The van der Waals surface area contributed by atoms with E-state index in [0.29, 0.717) is 19.1 Å². The predicted molar refractivity (Wildman–Crippen MR) is 75.9 cm³/mol. The number of nitrogens with two attached hydrogens (primary N) is 1. The fraction of sp³-hybridized carbons (Fsp3) is 0.417. The van der Waals surface area contributed by atoms with Crippen molar-refractivity contribution in [2.45, 2.75) is 0 Å². The molecule has 0 amide bonds. The average Bonchev–Trinajstić information content (AvgIpc) is 2.38. The third-order valence-electron chi connectivity index (χ3n) is 2.34. The van der Waals surface area contributed by atoms with E-state index in [1.54, 1.807) is 7.11 Å². The molecule has 6 nitrogen and oxygen atoms in total. The molecule has 0 bridgehead atoms. The summed E-state index contributed by atoms with van der Waals surface area (Å²) in [6, 6.07) is 7.93. The van der Waals surface area contributed by atoms with Crippen molar-refractivity contribution >= 4 is 17.3 Å². The number of rotatable bonds is 5. The van der Waals surface area contributed by atoms with E-state index >= 15 is 0 Å². The monoisotopic (exact) mass is 251 g/mol. The van der Waals surface area contributed by atoms with Gasteiger partial charge in [0.15, 0.2) is 0 Å². The minimum Gasteiger partial charge on any atom is -0.383 e. The molecule has 4 N–H and O–H groups in total. The maximum Gasteiger partial charge on any atom is 0.210 e. The van der Waals surface area contributed by atoms with Gasteiger partial charge in [-0.15, -0.1) is 0 Å². The van der Waals surface area contributed by atoms with Gasteiger partial charge in [-0.2, -0.15) is 0 Å². The Morgan fingerprint density at radius 2 is 2.11 bits per heavy atom. The maximum absolute atomic E-state index is 5.43. The minimum atomic E-state index is 0.515. The van der Waals surface area contributed by atoms with Crippen LogP contribution < -0.4 is 21.5 Å². The molecule has 0 saturated heterocycles. The van der Waals surface area contributed by atoms with Crippen LogP contribution in [-0.2, 0) is 4.74 Å². The van der Waals surface area contributed by atoms with E-state index in [1.165, 1.54) is 0 Å². The van der Waals surface area contributed by atoms with E-state index in [2.05, 4.69) is 15.7 Å². The van der Waals surface area contributed by atoms with Crippen molar-refractivity contribution in [3.05, 3.63) is 24.3 Å². The van der Waals surface area contributed by atoms with Gasteiger partial charge >= 0.3 is 0 Å². The lowest BCUT2D eigenvalue weighted by atomic mass is 10.2. The van der Waals surface area contributed by atoms with Crippen LogP contribution in [0.4, 0.5) is 11.4 Å². The van der Waals surface area contributed by atoms with Gasteiger partial charge in [-0.1, -0.05) is 12.1 Å². The maximum atomic E-state index is 5.43. The highest BCUT2D eigenvalue weighted by molar-refractivity contribution is 5.96. The summed E-state index contributed by atoms with van der Waals surface area (Å²) in [5.74, 6) is 5.95. The Bertz CT molecular complexity index is 392. The van der Waals surface area contributed by atoms with Crippen molar-refractivity contribution in [2.75, 3.05) is 44.6 Å². The number of hydrogen-bond donors (Lipinski definition) is 3. The summed E-state index contributed by atoms with van der Waals surface area (Å²) < 4.78 is 4.94. The number of hydrogen-bond acceptors (Lipinski definition) is 4. The predicted octanol–water partition coefficient (Wildman–Crippen LogP) is 0.630. The van der Waals surface area contributed by atoms with Crippen LogP contribution in [0.25, 0.3) is 0 Å². The van der Waals surface area contributed by atoms with Gasteiger partial charge in [0.2, 0.25) is 5.96 Å². The van der Waals surface area contributed by atoms with Gasteiger partial charge in [-0.25, -0.2) is 10.8 Å². The molecule has 100 valence electrons. The Balaban J connectivity index is 2.78. The van der Waals surface area contributed by atoms with Gasteiger partial charge in [-0.3, -0.25) is 5.43 Å². The van der Waals surface area contributed by atoms with Gasteiger partial charge in [0.05, 0.1) is 24.5 Å². The topological polar surface area (TPSA) is 74.9 Å². The highest BCUT2D eigenvalue weighted by atomic mass is 16.5. The Kier molecular flexibility index (Phi) is 5.96. The first-order valence-corrected chi connectivity index (χ1v) is 5.72. The Hall–Kier alpha value is -1.79. The van der Waals surface area contributed by atoms with Gasteiger partial charge in [-0.05, 0) is 12.1 Å². The molecule has 18 heavy (non-hydrogen) atoms. The molecule has 0 aromatic heterocycles. The van der Waals surface area contributed by atoms with E-state index in [0.717, 1.165) is 11.4 Å². The fourth-order valence-corrected chi connectivity index (χ4v) is 1.47. The van der Waals surface area contributed by atoms with Crippen LogP contribution in [0.5, 0.6) is 0 Å². The molecule has 0 fully saturated rings. The standard InChI is InChI=1S/C12H21N5O/c1-17(2)11-7-5-4-6-10(11)15-12(16-13)14-8-9-18-3/h4-7H,8-9,13H2,1-3H3,(H2,14,15,16). The van der Waals surface area contributed by atoms with Crippen molar-refractivity contribution < 1.29 is 4.74 Å². The zero-order valence-corrected chi connectivity index (χ0v) is 11.1. The number of nitrogens with zero attached hydrogens (tertiary/aromatic N) is 2. The summed E-state index contributed by atoms with van der Waals surface area (Å²) in [4.78, 5) is 6.27. The summed E-state index contributed by atoms with van der Waals surface area (Å²) >= 11 is 0. The van der Waals surface area contributed by atoms with E-state index in [1.807, 2.05) is 43.3 Å². The number of guanidine groups is 1. The van der Waals surface area contributed by atoms with Crippen molar-refractivity contribution in [1.82, 2.24) is 5.43 Å². The van der Waals surface area contributed by atoms with Crippen molar-refractivity contribution in [2.24, 2.45) is 10.8 Å². The smallest absolute Gasteiger partial charge is 0.210 e. The zero-order valence-electron chi connectivity index (χ0n) is 11.1. The molecule has 0 saturated carbocycles. The second kappa shape index (κ2) is 7.52. The van der Waals surface area contributed by atoms with E-state index in [-0.39, 0.29) is 0 Å². The number of hydrazine groups is 1. The molecule has 0 spiro atoms.